The van der Waals surface area contributed by atoms with Crippen molar-refractivity contribution in [1.29, 1.82) is 0 Å². The predicted octanol–water partition coefficient (Wildman–Crippen LogP) is 1.88. The number of carbonyl (C=O) groups is 3. The molecule has 3 rings (SSSR count). The molecule has 0 radical (unpaired) electrons. The van der Waals surface area contributed by atoms with Gasteiger partial charge < -0.3 is 25.7 Å². The molecular formula is C23H32N4O4. The maximum atomic E-state index is 13.6. The van der Waals surface area contributed by atoms with Gasteiger partial charge in [-0.25, -0.2) is 4.79 Å². The lowest BCUT2D eigenvalue weighted by atomic mass is 9.97. The van der Waals surface area contributed by atoms with Gasteiger partial charge in [-0.2, -0.15) is 0 Å². The van der Waals surface area contributed by atoms with E-state index in [-0.39, 0.29) is 18.9 Å². The summed E-state index contributed by atoms with van der Waals surface area (Å²) in [7, 11) is 0. The van der Waals surface area contributed by atoms with E-state index in [1.54, 1.807) is 25.7 Å². The second-order valence-electron chi connectivity index (χ2n) is 8.61. The van der Waals surface area contributed by atoms with Gasteiger partial charge in [0.05, 0.1) is 12.1 Å². The van der Waals surface area contributed by atoms with E-state index in [9.17, 15) is 14.4 Å². The van der Waals surface area contributed by atoms with Crippen LogP contribution in [0.3, 0.4) is 0 Å². The Labute approximate surface area is 182 Å². The summed E-state index contributed by atoms with van der Waals surface area (Å²) >= 11 is 0. The van der Waals surface area contributed by atoms with Crippen molar-refractivity contribution in [2.45, 2.75) is 64.1 Å². The van der Waals surface area contributed by atoms with E-state index in [2.05, 4.69) is 10.3 Å². The number of ether oxygens (including phenoxy) is 1. The first-order chi connectivity index (χ1) is 14.7. The smallest absolute Gasteiger partial charge is 0.328 e. The number of carbonyl (C=O) groups excluding carboxylic acids is 3. The first kappa shape index (κ1) is 22.8. The molecule has 0 aliphatic carbocycles. The van der Waals surface area contributed by atoms with Gasteiger partial charge in [-0.3, -0.25) is 9.59 Å². The van der Waals surface area contributed by atoms with Crippen molar-refractivity contribution < 1.29 is 19.1 Å². The molecule has 4 N–H and O–H groups in total. The third-order valence-corrected chi connectivity index (χ3v) is 5.63. The number of aromatic nitrogens is 1. The summed E-state index contributed by atoms with van der Waals surface area (Å²) in [5.41, 5.74) is 6.70. The molecule has 31 heavy (non-hydrogen) atoms. The Balaban J connectivity index is 1.89. The molecule has 8 nitrogen and oxygen atoms in total. The fourth-order valence-corrected chi connectivity index (χ4v) is 3.94. The molecule has 1 aliphatic heterocycles. The molecule has 1 fully saturated rings. The van der Waals surface area contributed by atoms with E-state index in [1.807, 2.05) is 30.5 Å². The molecule has 1 aromatic carbocycles. The van der Waals surface area contributed by atoms with Crippen LogP contribution in [0.15, 0.2) is 30.5 Å². The van der Waals surface area contributed by atoms with Crippen molar-refractivity contribution in [3.05, 3.63) is 36.0 Å². The Morgan fingerprint density at radius 2 is 2.03 bits per heavy atom. The van der Waals surface area contributed by atoms with E-state index >= 15 is 0 Å². The molecule has 0 spiro atoms. The minimum Gasteiger partial charge on any atom is -0.464 e. The average Bonchev–Trinajstić information content (AvgIpc) is 3.15. The number of para-hydroxylation sites is 1. The lowest BCUT2D eigenvalue weighted by Crippen LogP contribution is -2.60. The number of aromatic amines is 1. The Hall–Kier alpha value is -2.87. The second kappa shape index (κ2) is 9.51. The van der Waals surface area contributed by atoms with Crippen LogP contribution in [-0.4, -0.2) is 58.4 Å². The lowest BCUT2D eigenvalue weighted by Gasteiger charge is -2.37. The van der Waals surface area contributed by atoms with Crippen LogP contribution in [0.4, 0.5) is 0 Å². The number of amides is 2. The summed E-state index contributed by atoms with van der Waals surface area (Å²) in [5, 5.41) is 3.82. The third kappa shape index (κ3) is 5.25. The number of nitrogens with one attached hydrogen (secondary N) is 2. The molecule has 2 amide bonds. The van der Waals surface area contributed by atoms with Gasteiger partial charge in [-0.05, 0) is 51.7 Å². The highest BCUT2D eigenvalue weighted by Crippen LogP contribution is 2.23. The highest BCUT2D eigenvalue weighted by atomic mass is 16.5. The topological polar surface area (TPSA) is 118 Å². The normalized spacial score (nSPS) is 17.9. The first-order valence-corrected chi connectivity index (χ1v) is 10.8. The number of hydrogen-bond acceptors (Lipinski definition) is 5. The summed E-state index contributed by atoms with van der Waals surface area (Å²) in [6.45, 7) is 5.65. The van der Waals surface area contributed by atoms with E-state index in [4.69, 9.17) is 10.5 Å². The first-order valence-electron chi connectivity index (χ1n) is 10.8. The van der Waals surface area contributed by atoms with Crippen LogP contribution in [0.25, 0.3) is 10.9 Å². The number of rotatable bonds is 7. The minimum absolute atomic E-state index is 0.258. The standard InChI is InChI=1S/C23H32N4O4/c1-4-31-21(29)19-11-7-8-12-27(19)20(28)18(26-22(30)23(2,3)24)13-15-14-25-17-10-6-5-9-16(15)17/h5-6,9-10,14,18-19,25H,4,7-8,11-13,24H2,1-3H3,(H,26,30)/t18-,19+/m1/s1. The summed E-state index contributed by atoms with van der Waals surface area (Å²) in [6, 6.07) is 6.32. The van der Waals surface area contributed by atoms with Crippen LogP contribution >= 0.6 is 0 Å². The minimum atomic E-state index is -1.14. The number of H-pyrrole nitrogens is 1. The number of hydrogen-bond donors (Lipinski definition) is 3. The van der Waals surface area contributed by atoms with Crippen LogP contribution in [0.1, 0.15) is 45.6 Å². The Bertz CT molecular complexity index is 946. The Kier molecular flexibility index (Phi) is 7.00. The lowest BCUT2D eigenvalue weighted by molar-refractivity contribution is -0.157. The van der Waals surface area contributed by atoms with E-state index in [0.717, 1.165) is 29.3 Å². The quantitative estimate of drug-likeness (QED) is 0.582. The van der Waals surface area contributed by atoms with Crippen molar-refractivity contribution in [1.82, 2.24) is 15.2 Å². The average molecular weight is 429 g/mol. The van der Waals surface area contributed by atoms with E-state index in [0.29, 0.717) is 13.0 Å². The summed E-state index contributed by atoms with van der Waals surface area (Å²) < 4.78 is 5.20. The molecule has 1 aliphatic rings. The van der Waals surface area contributed by atoms with Gasteiger partial charge in [-0.1, -0.05) is 18.2 Å². The highest BCUT2D eigenvalue weighted by Gasteiger charge is 2.38. The molecule has 2 heterocycles. The second-order valence-corrected chi connectivity index (χ2v) is 8.61. The Morgan fingerprint density at radius 1 is 1.29 bits per heavy atom. The van der Waals surface area contributed by atoms with Crippen LogP contribution < -0.4 is 11.1 Å². The number of piperidine rings is 1. The number of nitrogens with zero attached hydrogens (tertiary/aromatic N) is 1. The fraction of sp³-hybridized carbons (Fsp3) is 0.522. The maximum Gasteiger partial charge on any atom is 0.328 e. The van der Waals surface area contributed by atoms with Crippen molar-refractivity contribution in [2.24, 2.45) is 5.73 Å². The number of fused-ring (bicyclic) bond motifs is 1. The van der Waals surface area contributed by atoms with Gasteiger partial charge in [0.2, 0.25) is 11.8 Å². The van der Waals surface area contributed by atoms with Gasteiger partial charge >= 0.3 is 5.97 Å². The number of nitrogens with two attached hydrogens (primary N) is 1. The number of benzene rings is 1. The SMILES string of the molecule is CCOC(=O)[C@@H]1CCCCN1C(=O)[C@@H](Cc1c[nH]c2ccccc12)NC(=O)C(C)(C)N. The highest BCUT2D eigenvalue weighted by molar-refractivity contribution is 5.94. The molecule has 168 valence electrons. The van der Waals surface area contributed by atoms with Gasteiger partial charge in [0, 0.05) is 30.1 Å². The molecule has 0 saturated carbocycles. The zero-order valence-electron chi connectivity index (χ0n) is 18.4. The van der Waals surface area contributed by atoms with Crippen molar-refractivity contribution in [3.8, 4) is 0 Å². The molecule has 8 heteroatoms. The predicted molar refractivity (Wildman–Crippen MR) is 118 cm³/mol. The molecule has 2 aromatic rings. The van der Waals surface area contributed by atoms with Crippen LogP contribution in [0.5, 0.6) is 0 Å². The van der Waals surface area contributed by atoms with Crippen molar-refractivity contribution >= 4 is 28.7 Å². The van der Waals surface area contributed by atoms with E-state index in [1.165, 1.54) is 0 Å². The summed E-state index contributed by atoms with van der Waals surface area (Å²) in [5.74, 6) is -1.11. The van der Waals surface area contributed by atoms with Crippen LogP contribution in [0.2, 0.25) is 0 Å². The number of esters is 1. The fourth-order valence-electron chi connectivity index (χ4n) is 3.94. The summed E-state index contributed by atoms with van der Waals surface area (Å²) in [6.07, 6.45) is 4.35. The molecular weight excluding hydrogens is 396 g/mol. The van der Waals surface area contributed by atoms with Gasteiger partial charge in [0.25, 0.3) is 0 Å². The van der Waals surface area contributed by atoms with E-state index < -0.39 is 29.5 Å². The maximum absolute atomic E-state index is 13.6. The van der Waals surface area contributed by atoms with Crippen molar-refractivity contribution in [2.75, 3.05) is 13.2 Å². The van der Waals surface area contributed by atoms with Crippen LogP contribution in [0, 0.1) is 0 Å². The van der Waals surface area contributed by atoms with Gasteiger partial charge in [0.1, 0.15) is 12.1 Å². The molecule has 0 bridgehead atoms. The zero-order chi connectivity index (χ0) is 22.6. The largest absolute Gasteiger partial charge is 0.464 e. The molecule has 2 atom stereocenters. The van der Waals surface area contributed by atoms with Gasteiger partial charge in [0.15, 0.2) is 0 Å². The third-order valence-electron chi connectivity index (χ3n) is 5.63. The molecule has 1 aromatic heterocycles. The number of likely N-dealkylation sites (tertiary alicyclic amines) is 1. The summed E-state index contributed by atoms with van der Waals surface area (Å²) in [4.78, 5) is 43.5. The van der Waals surface area contributed by atoms with Gasteiger partial charge in [-0.15, -0.1) is 0 Å². The Morgan fingerprint density at radius 3 is 2.74 bits per heavy atom. The van der Waals surface area contributed by atoms with Crippen molar-refractivity contribution in [3.63, 3.8) is 0 Å². The molecule has 1 saturated heterocycles. The monoisotopic (exact) mass is 428 g/mol. The van der Waals surface area contributed by atoms with Crippen LogP contribution in [-0.2, 0) is 25.5 Å². The zero-order valence-corrected chi connectivity index (χ0v) is 18.4. The molecule has 0 unspecified atom stereocenters.